The third-order valence-corrected chi connectivity index (χ3v) is 2.99. The molecule has 0 spiro atoms. The minimum Gasteiger partial charge on any atom is -0.380 e. The Balaban J connectivity index is 2.16. The van der Waals surface area contributed by atoms with Gasteiger partial charge in [0.05, 0.1) is 6.10 Å². The number of aromatic nitrogens is 2. The molecule has 1 aromatic heterocycles. The average Bonchev–Trinajstić information content (AvgIpc) is 2.28. The standard InChI is InChI=1S/C12H19N3O/c1-9-7-12(14-10(2)13-9)15-6-4-5-11(8-15)16-3/h7,11H,4-6,8H2,1-3H3. The van der Waals surface area contributed by atoms with Gasteiger partial charge in [0.25, 0.3) is 0 Å². The molecule has 0 saturated carbocycles. The van der Waals surface area contributed by atoms with E-state index in [4.69, 9.17) is 4.74 Å². The predicted molar refractivity (Wildman–Crippen MR) is 63.8 cm³/mol. The van der Waals surface area contributed by atoms with Crippen molar-refractivity contribution in [1.82, 2.24) is 9.97 Å². The van der Waals surface area contributed by atoms with Gasteiger partial charge in [-0.25, -0.2) is 9.97 Å². The fourth-order valence-corrected chi connectivity index (χ4v) is 2.20. The molecule has 0 radical (unpaired) electrons. The Morgan fingerprint density at radius 3 is 2.88 bits per heavy atom. The molecule has 1 aromatic rings. The Bertz CT molecular complexity index is 347. The molecule has 2 heterocycles. The van der Waals surface area contributed by atoms with Gasteiger partial charge in [-0.1, -0.05) is 0 Å². The van der Waals surface area contributed by atoms with Gasteiger partial charge in [-0.05, 0) is 26.7 Å². The van der Waals surface area contributed by atoms with E-state index in [-0.39, 0.29) is 0 Å². The maximum Gasteiger partial charge on any atom is 0.132 e. The second kappa shape index (κ2) is 4.78. The molecule has 4 nitrogen and oxygen atoms in total. The molecule has 1 unspecified atom stereocenters. The van der Waals surface area contributed by atoms with Crippen molar-refractivity contribution in [3.05, 3.63) is 17.6 Å². The van der Waals surface area contributed by atoms with Gasteiger partial charge in [0, 0.05) is 32.0 Å². The first-order chi connectivity index (χ1) is 7.69. The van der Waals surface area contributed by atoms with Crippen LogP contribution in [-0.4, -0.2) is 36.3 Å². The minimum atomic E-state index is 0.337. The minimum absolute atomic E-state index is 0.337. The van der Waals surface area contributed by atoms with E-state index in [1.165, 1.54) is 6.42 Å². The number of aryl methyl sites for hydroxylation is 2. The predicted octanol–water partition coefficient (Wildman–Crippen LogP) is 1.71. The molecular formula is C12H19N3O. The third-order valence-electron chi connectivity index (χ3n) is 2.99. The summed E-state index contributed by atoms with van der Waals surface area (Å²) in [5, 5.41) is 0. The van der Waals surface area contributed by atoms with E-state index in [0.29, 0.717) is 6.10 Å². The molecule has 1 aliphatic heterocycles. The summed E-state index contributed by atoms with van der Waals surface area (Å²) >= 11 is 0. The van der Waals surface area contributed by atoms with Gasteiger partial charge in [-0.2, -0.15) is 0 Å². The number of hydrogen-bond acceptors (Lipinski definition) is 4. The highest BCUT2D eigenvalue weighted by molar-refractivity contribution is 5.40. The number of anilines is 1. The number of ether oxygens (including phenoxy) is 1. The highest BCUT2D eigenvalue weighted by Crippen LogP contribution is 2.19. The number of piperidine rings is 1. The lowest BCUT2D eigenvalue weighted by molar-refractivity contribution is 0.0891. The van der Waals surface area contributed by atoms with Crippen LogP contribution in [0.4, 0.5) is 5.82 Å². The van der Waals surface area contributed by atoms with Crippen molar-refractivity contribution in [3.63, 3.8) is 0 Å². The summed E-state index contributed by atoms with van der Waals surface area (Å²) in [7, 11) is 1.78. The summed E-state index contributed by atoms with van der Waals surface area (Å²) in [5.74, 6) is 1.88. The van der Waals surface area contributed by atoms with Gasteiger partial charge in [-0.15, -0.1) is 0 Å². The fourth-order valence-electron chi connectivity index (χ4n) is 2.20. The summed E-state index contributed by atoms with van der Waals surface area (Å²) in [6.45, 7) is 5.95. The summed E-state index contributed by atoms with van der Waals surface area (Å²) in [6, 6.07) is 2.05. The van der Waals surface area contributed by atoms with Crippen LogP contribution in [0.2, 0.25) is 0 Å². The van der Waals surface area contributed by atoms with Crippen molar-refractivity contribution in [2.45, 2.75) is 32.8 Å². The first-order valence-electron chi connectivity index (χ1n) is 5.79. The third kappa shape index (κ3) is 2.50. The zero-order valence-electron chi connectivity index (χ0n) is 10.2. The lowest BCUT2D eigenvalue weighted by Gasteiger charge is -2.32. The Kier molecular flexibility index (Phi) is 3.39. The maximum atomic E-state index is 5.42. The Morgan fingerprint density at radius 1 is 1.38 bits per heavy atom. The molecular weight excluding hydrogens is 202 g/mol. The summed E-state index contributed by atoms with van der Waals surface area (Å²) in [6.07, 6.45) is 2.65. The molecule has 1 fully saturated rings. The maximum absolute atomic E-state index is 5.42. The Hall–Kier alpha value is -1.16. The van der Waals surface area contributed by atoms with Crippen LogP contribution in [0.25, 0.3) is 0 Å². The Morgan fingerprint density at radius 2 is 2.19 bits per heavy atom. The largest absolute Gasteiger partial charge is 0.380 e. The molecule has 0 N–H and O–H groups in total. The van der Waals surface area contributed by atoms with Crippen LogP contribution in [0.3, 0.4) is 0 Å². The molecule has 88 valence electrons. The number of nitrogens with zero attached hydrogens (tertiary/aromatic N) is 3. The van der Waals surface area contributed by atoms with Gasteiger partial charge in [-0.3, -0.25) is 0 Å². The number of hydrogen-bond donors (Lipinski definition) is 0. The van der Waals surface area contributed by atoms with E-state index >= 15 is 0 Å². The molecule has 4 heteroatoms. The van der Waals surface area contributed by atoms with Gasteiger partial charge in [0.15, 0.2) is 0 Å². The highest BCUT2D eigenvalue weighted by atomic mass is 16.5. The SMILES string of the molecule is COC1CCCN(c2cc(C)nc(C)n2)C1. The number of methoxy groups -OCH3 is 1. The Labute approximate surface area is 96.7 Å². The van der Waals surface area contributed by atoms with Crippen LogP contribution in [0, 0.1) is 13.8 Å². The lowest BCUT2D eigenvalue weighted by atomic mass is 10.1. The van der Waals surface area contributed by atoms with Crippen LogP contribution in [-0.2, 0) is 4.74 Å². The molecule has 0 amide bonds. The van der Waals surface area contributed by atoms with E-state index < -0.39 is 0 Å². The molecule has 0 bridgehead atoms. The quantitative estimate of drug-likeness (QED) is 0.762. The zero-order valence-corrected chi connectivity index (χ0v) is 10.2. The molecule has 1 aliphatic rings. The van der Waals surface area contributed by atoms with E-state index in [1.54, 1.807) is 7.11 Å². The van der Waals surface area contributed by atoms with Crippen LogP contribution in [0.1, 0.15) is 24.4 Å². The van der Waals surface area contributed by atoms with Crippen molar-refractivity contribution in [2.24, 2.45) is 0 Å². The van der Waals surface area contributed by atoms with Crippen LogP contribution in [0.5, 0.6) is 0 Å². The van der Waals surface area contributed by atoms with Crippen LogP contribution in [0.15, 0.2) is 6.07 Å². The molecule has 0 aromatic carbocycles. The van der Waals surface area contributed by atoms with E-state index in [9.17, 15) is 0 Å². The lowest BCUT2D eigenvalue weighted by Crippen LogP contribution is -2.39. The van der Waals surface area contributed by atoms with Gasteiger partial charge in [0.2, 0.25) is 0 Å². The molecule has 1 saturated heterocycles. The molecule has 16 heavy (non-hydrogen) atoms. The first-order valence-corrected chi connectivity index (χ1v) is 5.79. The molecule has 1 atom stereocenters. The van der Waals surface area contributed by atoms with Crippen molar-refractivity contribution >= 4 is 5.82 Å². The van der Waals surface area contributed by atoms with Gasteiger partial charge >= 0.3 is 0 Å². The fraction of sp³-hybridized carbons (Fsp3) is 0.667. The van der Waals surface area contributed by atoms with Crippen LogP contribution >= 0.6 is 0 Å². The number of rotatable bonds is 2. The van der Waals surface area contributed by atoms with Gasteiger partial charge < -0.3 is 9.64 Å². The normalized spacial score (nSPS) is 21.2. The van der Waals surface area contributed by atoms with Crippen molar-refractivity contribution in [3.8, 4) is 0 Å². The van der Waals surface area contributed by atoms with Crippen molar-refractivity contribution in [2.75, 3.05) is 25.1 Å². The molecule has 2 rings (SSSR count). The monoisotopic (exact) mass is 221 g/mol. The summed E-state index contributed by atoms with van der Waals surface area (Å²) in [5.41, 5.74) is 1.03. The van der Waals surface area contributed by atoms with Crippen LogP contribution < -0.4 is 4.90 Å². The van der Waals surface area contributed by atoms with Gasteiger partial charge in [0.1, 0.15) is 11.6 Å². The summed E-state index contributed by atoms with van der Waals surface area (Å²) < 4.78 is 5.42. The second-order valence-electron chi connectivity index (χ2n) is 4.36. The van der Waals surface area contributed by atoms with Crippen molar-refractivity contribution < 1.29 is 4.74 Å². The topological polar surface area (TPSA) is 38.2 Å². The van der Waals surface area contributed by atoms with E-state index in [2.05, 4.69) is 14.9 Å². The van der Waals surface area contributed by atoms with Crippen molar-refractivity contribution in [1.29, 1.82) is 0 Å². The van der Waals surface area contributed by atoms with E-state index in [1.807, 2.05) is 19.9 Å². The second-order valence-corrected chi connectivity index (χ2v) is 4.36. The smallest absolute Gasteiger partial charge is 0.132 e. The van der Waals surface area contributed by atoms with E-state index in [0.717, 1.165) is 36.8 Å². The summed E-state index contributed by atoms with van der Waals surface area (Å²) in [4.78, 5) is 11.1. The first kappa shape index (κ1) is 11.3. The highest BCUT2D eigenvalue weighted by Gasteiger charge is 2.20. The zero-order chi connectivity index (χ0) is 11.5. The average molecular weight is 221 g/mol. The molecule has 0 aliphatic carbocycles.